The molecule has 0 amide bonds. The predicted molar refractivity (Wildman–Crippen MR) is 80.5 cm³/mol. The van der Waals surface area contributed by atoms with Crippen LogP contribution in [-0.2, 0) is 6.54 Å². The van der Waals surface area contributed by atoms with Crippen molar-refractivity contribution in [1.29, 1.82) is 0 Å². The fraction of sp³-hybridized carbons (Fsp3) is 0.133. The number of hydrogen-bond acceptors (Lipinski definition) is 3. The van der Waals surface area contributed by atoms with Crippen molar-refractivity contribution in [3.63, 3.8) is 0 Å². The number of benzene rings is 1. The van der Waals surface area contributed by atoms with Crippen LogP contribution in [0, 0.1) is 5.82 Å². The van der Waals surface area contributed by atoms with Gasteiger partial charge >= 0.3 is 0 Å². The summed E-state index contributed by atoms with van der Waals surface area (Å²) in [6.07, 6.45) is 3.63. The van der Waals surface area contributed by atoms with Crippen molar-refractivity contribution in [2.24, 2.45) is 0 Å². The second-order valence-corrected chi connectivity index (χ2v) is 4.98. The van der Waals surface area contributed by atoms with E-state index in [1.807, 2.05) is 16.7 Å². The van der Waals surface area contributed by atoms with Crippen LogP contribution in [-0.4, -0.2) is 16.5 Å². The van der Waals surface area contributed by atoms with Gasteiger partial charge in [0.2, 0.25) is 0 Å². The van der Waals surface area contributed by atoms with Crippen LogP contribution < -0.4 is 10.1 Å². The summed E-state index contributed by atoms with van der Waals surface area (Å²) in [4.78, 5) is 4.43. The largest absolute Gasteiger partial charge is 0.497 e. The molecule has 0 radical (unpaired) electrons. The zero-order valence-electron chi connectivity index (χ0n) is 11.3. The van der Waals surface area contributed by atoms with Gasteiger partial charge in [-0.3, -0.25) is 0 Å². The molecule has 21 heavy (non-hydrogen) atoms. The van der Waals surface area contributed by atoms with Crippen LogP contribution in [0.5, 0.6) is 5.75 Å². The Labute approximate surface area is 126 Å². The molecule has 0 spiro atoms. The van der Waals surface area contributed by atoms with Crippen molar-refractivity contribution in [3.05, 3.63) is 59.3 Å². The standard InChI is InChI=1S/C15H13ClFN3O/c1-21-12-3-4-13(17)14(6-12)18-7-11-9-20-8-10(16)2-5-15(20)19-11/h2-6,8-9,18H,7H2,1H3. The minimum Gasteiger partial charge on any atom is -0.497 e. The van der Waals surface area contributed by atoms with Gasteiger partial charge < -0.3 is 14.5 Å². The fourth-order valence-corrected chi connectivity index (χ4v) is 2.22. The molecule has 0 bridgehead atoms. The lowest BCUT2D eigenvalue weighted by atomic mass is 10.3. The van der Waals surface area contributed by atoms with E-state index >= 15 is 0 Å². The predicted octanol–water partition coefficient (Wildman–Crippen LogP) is 3.75. The molecule has 2 aromatic heterocycles. The molecule has 3 rings (SSSR count). The number of anilines is 1. The summed E-state index contributed by atoms with van der Waals surface area (Å²) in [6.45, 7) is 0.406. The second kappa shape index (κ2) is 5.61. The quantitative estimate of drug-likeness (QED) is 0.798. The summed E-state index contributed by atoms with van der Waals surface area (Å²) in [5.41, 5.74) is 1.96. The van der Waals surface area contributed by atoms with E-state index in [9.17, 15) is 4.39 Å². The SMILES string of the molecule is COc1ccc(F)c(NCc2cn3cc(Cl)ccc3n2)c1. The highest BCUT2D eigenvalue weighted by molar-refractivity contribution is 6.30. The Morgan fingerprint density at radius 1 is 1.29 bits per heavy atom. The van der Waals surface area contributed by atoms with Gasteiger partial charge in [-0.05, 0) is 24.3 Å². The number of ether oxygens (including phenoxy) is 1. The monoisotopic (exact) mass is 305 g/mol. The fourth-order valence-electron chi connectivity index (χ4n) is 2.05. The number of hydrogen-bond donors (Lipinski definition) is 1. The molecule has 4 nitrogen and oxygen atoms in total. The summed E-state index contributed by atoms with van der Waals surface area (Å²) in [5.74, 6) is 0.267. The summed E-state index contributed by atoms with van der Waals surface area (Å²) in [6, 6.07) is 8.17. The van der Waals surface area contributed by atoms with Crippen molar-refractivity contribution in [3.8, 4) is 5.75 Å². The molecule has 108 valence electrons. The van der Waals surface area contributed by atoms with Gasteiger partial charge in [0.1, 0.15) is 17.2 Å². The molecule has 0 fully saturated rings. The highest BCUT2D eigenvalue weighted by Gasteiger charge is 2.06. The van der Waals surface area contributed by atoms with E-state index in [0.29, 0.717) is 23.0 Å². The molecule has 2 heterocycles. The van der Waals surface area contributed by atoms with Crippen LogP contribution in [0.1, 0.15) is 5.69 Å². The molecule has 6 heteroatoms. The van der Waals surface area contributed by atoms with Crippen molar-refractivity contribution in [2.75, 3.05) is 12.4 Å². The Balaban J connectivity index is 1.80. The van der Waals surface area contributed by atoms with Crippen LogP contribution in [0.25, 0.3) is 5.65 Å². The number of rotatable bonds is 4. The summed E-state index contributed by atoms with van der Waals surface area (Å²) in [5, 5.41) is 3.65. The third kappa shape index (κ3) is 2.92. The Hall–Kier alpha value is -2.27. The van der Waals surface area contributed by atoms with Crippen molar-refractivity contribution >= 4 is 22.9 Å². The van der Waals surface area contributed by atoms with E-state index in [-0.39, 0.29) is 5.82 Å². The second-order valence-electron chi connectivity index (χ2n) is 4.54. The molecular formula is C15H13ClFN3O. The molecule has 0 saturated carbocycles. The maximum atomic E-state index is 13.7. The van der Waals surface area contributed by atoms with E-state index in [4.69, 9.17) is 16.3 Å². The number of imidazole rings is 1. The highest BCUT2D eigenvalue weighted by Crippen LogP contribution is 2.21. The van der Waals surface area contributed by atoms with Gasteiger partial charge in [-0.1, -0.05) is 11.6 Å². The maximum Gasteiger partial charge on any atom is 0.146 e. The smallest absolute Gasteiger partial charge is 0.146 e. The molecule has 0 atom stereocenters. The number of halogens is 2. The molecule has 0 aliphatic rings. The molecular weight excluding hydrogens is 293 g/mol. The lowest BCUT2D eigenvalue weighted by Crippen LogP contribution is -2.02. The van der Waals surface area contributed by atoms with Crippen molar-refractivity contribution < 1.29 is 9.13 Å². The average Bonchev–Trinajstić information content (AvgIpc) is 2.88. The molecule has 0 unspecified atom stereocenters. The number of pyridine rings is 1. The molecule has 0 aliphatic carbocycles. The Bertz CT molecular complexity index is 788. The number of methoxy groups -OCH3 is 1. The number of fused-ring (bicyclic) bond motifs is 1. The van der Waals surface area contributed by atoms with E-state index in [2.05, 4.69) is 10.3 Å². The lowest BCUT2D eigenvalue weighted by Gasteiger charge is -2.07. The van der Waals surface area contributed by atoms with Gasteiger partial charge in [0, 0.05) is 18.5 Å². The normalized spacial score (nSPS) is 10.8. The third-order valence-corrected chi connectivity index (χ3v) is 3.32. The zero-order valence-corrected chi connectivity index (χ0v) is 12.1. The Kier molecular flexibility index (Phi) is 3.66. The number of nitrogens with zero attached hydrogens (tertiary/aromatic N) is 2. The molecule has 3 aromatic rings. The topological polar surface area (TPSA) is 38.6 Å². The zero-order chi connectivity index (χ0) is 14.8. The third-order valence-electron chi connectivity index (χ3n) is 3.10. The number of aromatic nitrogens is 2. The first-order valence-corrected chi connectivity index (χ1v) is 6.74. The van der Waals surface area contributed by atoms with Gasteiger partial charge in [0.25, 0.3) is 0 Å². The summed E-state index contributed by atoms with van der Waals surface area (Å²) in [7, 11) is 1.54. The van der Waals surface area contributed by atoms with Crippen LogP contribution >= 0.6 is 11.6 Å². The summed E-state index contributed by atoms with van der Waals surface area (Å²) >= 11 is 5.93. The molecule has 1 N–H and O–H groups in total. The number of nitrogens with one attached hydrogen (secondary N) is 1. The molecule has 1 aromatic carbocycles. The van der Waals surface area contributed by atoms with Gasteiger partial charge in [-0.2, -0.15) is 0 Å². The highest BCUT2D eigenvalue weighted by atomic mass is 35.5. The minimum atomic E-state index is -0.331. The van der Waals surface area contributed by atoms with Crippen LogP contribution in [0.4, 0.5) is 10.1 Å². The molecule has 0 aliphatic heterocycles. The first-order chi connectivity index (χ1) is 10.2. The minimum absolute atomic E-state index is 0.331. The van der Waals surface area contributed by atoms with E-state index < -0.39 is 0 Å². The Morgan fingerprint density at radius 3 is 2.95 bits per heavy atom. The first-order valence-electron chi connectivity index (χ1n) is 6.36. The van der Waals surface area contributed by atoms with E-state index in [1.54, 1.807) is 31.5 Å². The van der Waals surface area contributed by atoms with E-state index in [0.717, 1.165) is 11.3 Å². The van der Waals surface area contributed by atoms with Gasteiger partial charge in [0.15, 0.2) is 0 Å². The molecule has 0 saturated heterocycles. The average molecular weight is 306 g/mol. The van der Waals surface area contributed by atoms with Gasteiger partial charge in [0.05, 0.1) is 30.1 Å². The van der Waals surface area contributed by atoms with Gasteiger partial charge in [-0.15, -0.1) is 0 Å². The van der Waals surface area contributed by atoms with Crippen molar-refractivity contribution in [1.82, 2.24) is 9.38 Å². The van der Waals surface area contributed by atoms with Gasteiger partial charge in [-0.25, -0.2) is 9.37 Å². The van der Waals surface area contributed by atoms with Crippen molar-refractivity contribution in [2.45, 2.75) is 6.54 Å². The maximum absolute atomic E-state index is 13.7. The summed E-state index contributed by atoms with van der Waals surface area (Å²) < 4.78 is 20.6. The van der Waals surface area contributed by atoms with Crippen LogP contribution in [0.3, 0.4) is 0 Å². The first kappa shape index (κ1) is 13.7. The lowest BCUT2D eigenvalue weighted by molar-refractivity contribution is 0.414. The van der Waals surface area contributed by atoms with Crippen LogP contribution in [0.15, 0.2) is 42.7 Å². The Morgan fingerprint density at radius 2 is 2.14 bits per heavy atom. The van der Waals surface area contributed by atoms with Crippen LogP contribution in [0.2, 0.25) is 5.02 Å². The van der Waals surface area contributed by atoms with E-state index in [1.165, 1.54) is 6.07 Å².